The highest BCUT2D eigenvalue weighted by Gasteiger charge is 2.11. The topological polar surface area (TPSA) is 60.3 Å². The Morgan fingerprint density at radius 2 is 2.14 bits per heavy atom. The number of aromatic nitrogens is 1. The van der Waals surface area contributed by atoms with E-state index in [1.165, 1.54) is 17.7 Å². The maximum Gasteiger partial charge on any atom is 0.251 e. The number of nitrogens with one attached hydrogen (secondary N) is 1. The second kappa shape index (κ2) is 6.45. The van der Waals surface area contributed by atoms with Crippen LogP contribution in [0.2, 0.25) is 5.02 Å². The van der Waals surface area contributed by atoms with E-state index >= 15 is 0 Å². The Bertz CT molecular complexity index is 725. The molecule has 0 fully saturated rings. The van der Waals surface area contributed by atoms with Gasteiger partial charge in [0.05, 0.1) is 7.11 Å². The molecule has 1 amide bonds. The van der Waals surface area contributed by atoms with Gasteiger partial charge in [-0.3, -0.25) is 9.59 Å². The van der Waals surface area contributed by atoms with Crippen LogP contribution in [0.25, 0.3) is 0 Å². The van der Waals surface area contributed by atoms with E-state index < -0.39 is 0 Å². The molecule has 0 aliphatic carbocycles. The van der Waals surface area contributed by atoms with Crippen molar-refractivity contribution in [3.63, 3.8) is 0 Å². The molecule has 110 valence electrons. The molecular weight excluding hydrogens is 292 g/mol. The first-order chi connectivity index (χ1) is 10.0. The van der Waals surface area contributed by atoms with E-state index in [-0.39, 0.29) is 18.0 Å². The average Bonchev–Trinajstić information content (AvgIpc) is 2.48. The Balaban J connectivity index is 2.14. The molecule has 1 aromatic carbocycles. The van der Waals surface area contributed by atoms with Gasteiger partial charge in [0.2, 0.25) is 0 Å². The number of pyridine rings is 1. The maximum atomic E-state index is 12.0. The SMILES string of the molecule is COc1cccc(Cl)c1CNC(=O)c1ccn(C)c(=O)c1. The highest BCUT2D eigenvalue weighted by molar-refractivity contribution is 6.31. The predicted octanol–water partition coefficient (Wildman–Crippen LogP) is 1.98. The summed E-state index contributed by atoms with van der Waals surface area (Å²) in [5.41, 5.74) is 0.765. The number of ether oxygens (including phenoxy) is 1. The Morgan fingerprint density at radius 1 is 1.38 bits per heavy atom. The number of carbonyl (C=O) groups is 1. The number of hydrogen-bond acceptors (Lipinski definition) is 3. The van der Waals surface area contributed by atoms with Crippen molar-refractivity contribution in [1.82, 2.24) is 9.88 Å². The molecule has 0 radical (unpaired) electrons. The summed E-state index contributed by atoms with van der Waals surface area (Å²) in [4.78, 5) is 23.6. The second-order valence-corrected chi connectivity index (χ2v) is 4.88. The summed E-state index contributed by atoms with van der Waals surface area (Å²) in [5.74, 6) is 0.265. The van der Waals surface area contributed by atoms with Crippen LogP contribution in [-0.2, 0) is 13.6 Å². The van der Waals surface area contributed by atoms with Crippen LogP contribution in [0.3, 0.4) is 0 Å². The number of aryl methyl sites for hydroxylation is 1. The van der Waals surface area contributed by atoms with Crippen LogP contribution in [-0.4, -0.2) is 17.6 Å². The fraction of sp³-hybridized carbons (Fsp3) is 0.200. The molecule has 21 heavy (non-hydrogen) atoms. The van der Waals surface area contributed by atoms with E-state index in [9.17, 15) is 9.59 Å². The van der Waals surface area contributed by atoms with Crippen molar-refractivity contribution in [3.05, 3.63) is 63.0 Å². The monoisotopic (exact) mass is 306 g/mol. The molecule has 0 saturated heterocycles. The van der Waals surface area contributed by atoms with Gasteiger partial charge >= 0.3 is 0 Å². The molecule has 1 N–H and O–H groups in total. The first-order valence-electron chi connectivity index (χ1n) is 6.29. The highest BCUT2D eigenvalue weighted by Crippen LogP contribution is 2.25. The molecule has 0 aliphatic rings. The lowest BCUT2D eigenvalue weighted by Crippen LogP contribution is -2.26. The van der Waals surface area contributed by atoms with Crippen LogP contribution in [0.5, 0.6) is 5.75 Å². The van der Waals surface area contributed by atoms with E-state index in [1.807, 2.05) is 0 Å². The van der Waals surface area contributed by atoms with Crippen LogP contribution >= 0.6 is 11.6 Å². The minimum absolute atomic E-state index is 0.219. The molecule has 1 heterocycles. The van der Waals surface area contributed by atoms with Crippen molar-refractivity contribution in [1.29, 1.82) is 0 Å². The third-order valence-electron chi connectivity index (χ3n) is 3.09. The average molecular weight is 307 g/mol. The fourth-order valence-electron chi connectivity index (χ4n) is 1.86. The number of methoxy groups -OCH3 is 1. The van der Waals surface area contributed by atoms with Crippen molar-refractivity contribution < 1.29 is 9.53 Å². The Kier molecular flexibility index (Phi) is 4.65. The summed E-state index contributed by atoms with van der Waals surface area (Å²) in [7, 11) is 3.16. The van der Waals surface area contributed by atoms with E-state index in [2.05, 4.69) is 5.32 Å². The largest absolute Gasteiger partial charge is 0.496 e. The molecule has 0 bridgehead atoms. The third-order valence-corrected chi connectivity index (χ3v) is 3.44. The van der Waals surface area contributed by atoms with E-state index in [1.54, 1.807) is 37.5 Å². The molecule has 2 aromatic rings. The Morgan fingerprint density at radius 3 is 2.81 bits per heavy atom. The molecule has 6 heteroatoms. The van der Waals surface area contributed by atoms with E-state index in [4.69, 9.17) is 16.3 Å². The smallest absolute Gasteiger partial charge is 0.251 e. The van der Waals surface area contributed by atoms with Gasteiger partial charge in [-0.05, 0) is 18.2 Å². The van der Waals surface area contributed by atoms with Gasteiger partial charge in [-0.15, -0.1) is 0 Å². The normalized spacial score (nSPS) is 10.2. The number of nitrogens with zero attached hydrogens (tertiary/aromatic N) is 1. The van der Waals surface area contributed by atoms with Gasteiger partial charge in [-0.25, -0.2) is 0 Å². The van der Waals surface area contributed by atoms with Gasteiger partial charge in [0, 0.05) is 42.0 Å². The van der Waals surface area contributed by atoms with Crippen LogP contribution in [0, 0.1) is 0 Å². The van der Waals surface area contributed by atoms with Crippen molar-refractivity contribution in [2.24, 2.45) is 7.05 Å². The van der Waals surface area contributed by atoms with Gasteiger partial charge in [-0.2, -0.15) is 0 Å². The zero-order valence-electron chi connectivity index (χ0n) is 11.7. The lowest BCUT2D eigenvalue weighted by atomic mass is 10.2. The van der Waals surface area contributed by atoms with Crippen molar-refractivity contribution in [3.8, 4) is 5.75 Å². The summed E-state index contributed by atoms with van der Waals surface area (Å²) in [5, 5.41) is 3.24. The molecule has 5 nitrogen and oxygen atoms in total. The molecule has 0 spiro atoms. The lowest BCUT2D eigenvalue weighted by Gasteiger charge is -2.11. The quantitative estimate of drug-likeness (QED) is 0.939. The number of halogens is 1. The zero-order valence-corrected chi connectivity index (χ0v) is 12.5. The number of hydrogen-bond donors (Lipinski definition) is 1. The molecule has 0 saturated carbocycles. The maximum absolute atomic E-state index is 12.0. The van der Waals surface area contributed by atoms with Crippen LogP contribution < -0.4 is 15.6 Å². The summed E-state index contributed by atoms with van der Waals surface area (Å²) in [6, 6.07) is 8.14. The first-order valence-corrected chi connectivity index (χ1v) is 6.67. The molecule has 2 rings (SSSR count). The fourth-order valence-corrected chi connectivity index (χ4v) is 2.09. The van der Waals surface area contributed by atoms with Crippen molar-refractivity contribution >= 4 is 17.5 Å². The molecule has 0 unspecified atom stereocenters. The molecular formula is C15H15ClN2O3. The highest BCUT2D eigenvalue weighted by atomic mass is 35.5. The summed E-state index contributed by atoms with van der Waals surface area (Å²) in [6.07, 6.45) is 1.55. The Labute approximate surface area is 127 Å². The van der Waals surface area contributed by atoms with Crippen LogP contribution in [0.4, 0.5) is 0 Å². The lowest BCUT2D eigenvalue weighted by molar-refractivity contribution is 0.0950. The summed E-state index contributed by atoms with van der Waals surface area (Å²) in [6.45, 7) is 0.219. The number of rotatable bonds is 4. The van der Waals surface area contributed by atoms with Gasteiger partial charge < -0.3 is 14.6 Å². The molecule has 0 aliphatic heterocycles. The summed E-state index contributed by atoms with van der Waals surface area (Å²) < 4.78 is 6.61. The van der Waals surface area contributed by atoms with E-state index in [0.29, 0.717) is 21.9 Å². The minimum Gasteiger partial charge on any atom is -0.496 e. The van der Waals surface area contributed by atoms with Gasteiger partial charge in [-0.1, -0.05) is 17.7 Å². The van der Waals surface area contributed by atoms with Crippen LogP contribution in [0.15, 0.2) is 41.3 Å². The first kappa shape index (κ1) is 15.1. The Hall–Kier alpha value is -2.27. The zero-order chi connectivity index (χ0) is 15.4. The van der Waals surface area contributed by atoms with Gasteiger partial charge in [0.15, 0.2) is 0 Å². The number of carbonyl (C=O) groups excluding carboxylic acids is 1. The second-order valence-electron chi connectivity index (χ2n) is 4.47. The third kappa shape index (κ3) is 3.44. The number of benzene rings is 1. The van der Waals surface area contributed by atoms with Crippen molar-refractivity contribution in [2.45, 2.75) is 6.54 Å². The molecule has 0 atom stereocenters. The standard InChI is InChI=1S/C15H15ClN2O3/c1-18-7-6-10(8-14(18)19)15(20)17-9-11-12(16)4-3-5-13(11)21-2/h3-8H,9H2,1-2H3,(H,17,20). The van der Waals surface area contributed by atoms with Gasteiger partial charge in [0.25, 0.3) is 11.5 Å². The molecule has 1 aromatic heterocycles. The van der Waals surface area contributed by atoms with Crippen LogP contribution in [0.1, 0.15) is 15.9 Å². The summed E-state index contributed by atoms with van der Waals surface area (Å²) >= 11 is 6.10. The van der Waals surface area contributed by atoms with Gasteiger partial charge in [0.1, 0.15) is 5.75 Å². The number of amides is 1. The van der Waals surface area contributed by atoms with E-state index in [0.717, 1.165) is 0 Å². The predicted molar refractivity (Wildman–Crippen MR) is 80.9 cm³/mol. The van der Waals surface area contributed by atoms with Crippen molar-refractivity contribution in [2.75, 3.05) is 7.11 Å². The minimum atomic E-state index is -0.338.